The monoisotopic (exact) mass is 460 g/mol. The largest absolute Gasteiger partial charge is 0.460 e. The molecule has 33 heavy (non-hydrogen) atoms. The number of rotatable bonds is 6. The van der Waals surface area contributed by atoms with Gasteiger partial charge >= 0.3 is 11.9 Å². The van der Waals surface area contributed by atoms with Crippen LogP contribution in [-0.2, 0) is 18.7 Å². The summed E-state index contributed by atoms with van der Waals surface area (Å²) >= 11 is 0. The molecule has 0 radical (unpaired) electrons. The summed E-state index contributed by atoms with van der Waals surface area (Å²) in [6.45, 7) is 6.50. The standard InChI is InChI=1S/C27H28O5Si/c1-27(2,3)33(21-15-9-5-10-16-21,22-17-11-6-12-18-22)32-23-19-30-26(29)24(23)31-25(28)20-13-7-4-8-14-20/h4-18,23-24H,19H2,1-3H3/t23-,24+/m0/s1. The Kier molecular flexibility index (Phi) is 6.49. The third kappa shape index (κ3) is 4.49. The van der Waals surface area contributed by atoms with E-state index in [2.05, 4.69) is 45.0 Å². The minimum absolute atomic E-state index is 0.0378. The molecule has 1 aliphatic rings. The number of hydrogen-bond donors (Lipinski definition) is 0. The van der Waals surface area contributed by atoms with Crippen LogP contribution in [0.25, 0.3) is 0 Å². The van der Waals surface area contributed by atoms with Crippen LogP contribution in [0.1, 0.15) is 31.1 Å². The van der Waals surface area contributed by atoms with E-state index in [0.29, 0.717) is 5.56 Å². The van der Waals surface area contributed by atoms with Crippen molar-refractivity contribution in [2.24, 2.45) is 0 Å². The summed E-state index contributed by atoms with van der Waals surface area (Å²) in [4.78, 5) is 25.3. The molecule has 170 valence electrons. The summed E-state index contributed by atoms with van der Waals surface area (Å²) < 4.78 is 17.9. The van der Waals surface area contributed by atoms with Crippen molar-refractivity contribution < 1.29 is 23.5 Å². The van der Waals surface area contributed by atoms with Crippen LogP contribution < -0.4 is 10.4 Å². The van der Waals surface area contributed by atoms with Crippen molar-refractivity contribution in [3.63, 3.8) is 0 Å². The van der Waals surface area contributed by atoms with Gasteiger partial charge in [-0.05, 0) is 27.5 Å². The van der Waals surface area contributed by atoms with E-state index < -0.39 is 32.5 Å². The van der Waals surface area contributed by atoms with Gasteiger partial charge in [0, 0.05) is 0 Å². The van der Waals surface area contributed by atoms with Crippen molar-refractivity contribution in [1.29, 1.82) is 0 Å². The number of carbonyl (C=O) groups excluding carboxylic acids is 2. The second-order valence-electron chi connectivity index (χ2n) is 9.14. The van der Waals surface area contributed by atoms with Gasteiger partial charge in [0.2, 0.25) is 6.10 Å². The Hall–Kier alpha value is -3.22. The van der Waals surface area contributed by atoms with Gasteiger partial charge in [0.15, 0.2) is 0 Å². The van der Waals surface area contributed by atoms with E-state index in [4.69, 9.17) is 13.9 Å². The maximum Gasteiger partial charge on any atom is 0.350 e. The smallest absolute Gasteiger partial charge is 0.350 e. The highest BCUT2D eigenvalue weighted by atomic mass is 28.4. The second-order valence-corrected chi connectivity index (χ2v) is 13.4. The molecule has 1 aliphatic heterocycles. The van der Waals surface area contributed by atoms with Gasteiger partial charge in [-0.1, -0.05) is 99.6 Å². The number of esters is 2. The first-order valence-corrected chi connectivity index (χ1v) is 13.0. The zero-order valence-corrected chi connectivity index (χ0v) is 20.1. The van der Waals surface area contributed by atoms with E-state index in [1.165, 1.54) is 0 Å². The van der Waals surface area contributed by atoms with Crippen LogP contribution in [-0.4, -0.2) is 39.1 Å². The minimum Gasteiger partial charge on any atom is -0.460 e. The molecule has 0 amide bonds. The Balaban J connectivity index is 1.74. The summed E-state index contributed by atoms with van der Waals surface area (Å²) in [6, 6.07) is 28.9. The Labute approximate surface area is 195 Å². The zero-order chi connectivity index (χ0) is 23.5. The molecule has 2 atom stereocenters. The summed E-state index contributed by atoms with van der Waals surface area (Å²) in [5.41, 5.74) is 0.376. The van der Waals surface area contributed by atoms with Crippen molar-refractivity contribution in [3.05, 3.63) is 96.6 Å². The molecule has 6 heteroatoms. The van der Waals surface area contributed by atoms with Crippen LogP contribution in [0.4, 0.5) is 0 Å². The fourth-order valence-corrected chi connectivity index (χ4v) is 9.04. The number of ether oxygens (including phenoxy) is 2. The maximum atomic E-state index is 12.7. The summed E-state index contributed by atoms with van der Waals surface area (Å²) in [6.07, 6.45) is -1.84. The fourth-order valence-electron chi connectivity index (χ4n) is 4.38. The third-order valence-electron chi connectivity index (χ3n) is 5.95. The molecule has 4 rings (SSSR count). The van der Waals surface area contributed by atoms with Crippen molar-refractivity contribution in [2.45, 2.75) is 38.0 Å². The average molecular weight is 461 g/mol. The summed E-state index contributed by atoms with van der Waals surface area (Å²) in [7, 11) is -2.94. The highest BCUT2D eigenvalue weighted by molar-refractivity contribution is 6.99. The Morgan fingerprint density at radius 3 is 1.82 bits per heavy atom. The normalized spacial score (nSPS) is 18.6. The second kappa shape index (κ2) is 9.33. The van der Waals surface area contributed by atoms with Crippen LogP contribution in [0, 0.1) is 0 Å². The molecule has 0 aromatic heterocycles. The van der Waals surface area contributed by atoms with Crippen LogP contribution in [0.3, 0.4) is 0 Å². The number of hydrogen-bond acceptors (Lipinski definition) is 5. The fraction of sp³-hybridized carbons (Fsp3) is 0.259. The number of carbonyl (C=O) groups is 2. The molecule has 0 aliphatic carbocycles. The van der Waals surface area contributed by atoms with Crippen molar-refractivity contribution in [3.8, 4) is 0 Å². The number of benzene rings is 3. The van der Waals surface area contributed by atoms with E-state index in [1.807, 2.05) is 42.5 Å². The quantitative estimate of drug-likeness (QED) is 0.415. The summed E-state index contributed by atoms with van der Waals surface area (Å²) in [5, 5.41) is 1.88. The van der Waals surface area contributed by atoms with E-state index in [-0.39, 0.29) is 11.6 Å². The van der Waals surface area contributed by atoms with Crippen LogP contribution in [0.15, 0.2) is 91.0 Å². The first-order valence-electron chi connectivity index (χ1n) is 11.0. The van der Waals surface area contributed by atoms with E-state index >= 15 is 0 Å². The Morgan fingerprint density at radius 2 is 1.33 bits per heavy atom. The van der Waals surface area contributed by atoms with Gasteiger partial charge in [0.05, 0.1) is 5.56 Å². The molecular weight excluding hydrogens is 432 g/mol. The number of cyclic esters (lactones) is 1. The minimum atomic E-state index is -2.94. The topological polar surface area (TPSA) is 61.8 Å². The molecule has 1 saturated heterocycles. The van der Waals surface area contributed by atoms with E-state index in [0.717, 1.165) is 10.4 Å². The van der Waals surface area contributed by atoms with E-state index in [1.54, 1.807) is 24.3 Å². The lowest BCUT2D eigenvalue weighted by Gasteiger charge is -2.44. The highest BCUT2D eigenvalue weighted by Crippen LogP contribution is 2.38. The van der Waals surface area contributed by atoms with Gasteiger partial charge < -0.3 is 13.9 Å². The van der Waals surface area contributed by atoms with Crippen LogP contribution in [0.5, 0.6) is 0 Å². The lowest BCUT2D eigenvalue weighted by molar-refractivity contribution is -0.145. The Bertz CT molecular complexity index is 1050. The molecule has 1 fully saturated rings. The molecule has 0 unspecified atom stereocenters. The maximum absolute atomic E-state index is 12.7. The summed E-state index contributed by atoms with van der Waals surface area (Å²) in [5.74, 6) is -1.15. The van der Waals surface area contributed by atoms with Crippen molar-refractivity contribution in [1.82, 2.24) is 0 Å². The average Bonchev–Trinajstić information content (AvgIpc) is 3.17. The van der Waals surface area contributed by atoms with Crippen LogP contribution in [0.2, 0.25) is 5.04 Å². The highest BCUT2D eigenvalue weighted by Gasteiger charge is 2.55. The lowest BCUT2D eigenvalue weighted by Crippen LogP contribution is -2.68. The zero-order valence-electron chi connectivity index (χ0n) is 19.1. The van der Waals surface area contributed by atoms with E-state index in [9.17, 15) is 9.59 Å². The molecule has 0 N–H and O–H groups in total. The molecule has 3 aromatic rings. The predicted molar refractivity (Wildman–Crippen MR) is 129 cm³/mol. The van der Waals surface area contributed by atoms with Gasteiger partial charge in [0.1, 0.15) is 12.7 Å². The molecule has 5 nitrogen and oxygen atoms in total. The van der Waals surface area contributed by atoms with Gasteiger partial charge in [-0.3, -0.25) is 0 Å². The third-order valence-corrected chi connectivity index (χ3v) is 11.0. The Morgan fingerprint density at radius 1 is 0.848 bits per heavy atom. The van der Waals surface area contributed by atoms with Crippen molar-refractivity contribution >= 4 is 30.6 Å². The molecule has 3 aromatic carbocycles. The first-order chi connectivity index (χ1) is 15.8. The molecule has 1 heterocycles. The predicted octanol–water partition coefficient (Wildman–Crippen LogP) is 3.71. The molecule has 0 bridgehead atoms. The van der Waals surface area contributed by atoms with Crippen molar-refractivity contribution in [2.75, 3.05) is 6.61 Å². The van der Waals surface area contributed by atoms with Crippen LogP contribution >= 0.6 is 0 Å². The van der Waals surface area contributed by atoms with Gasteiger partial charge in [0.25, 0.3) is 8.32 Å². The molecular formula is C27H28O5Si. The lowest BCUT2D eigenvalue weighted by atomic mass is 10.2. The molecule has 0 spiro atoms. The SMILES string of the molecule is CC(C)(C)[Si](O[C@H]1COC(=O)[C@@H]1OC(=O)c1ccccc1)(c1ccccc1)c1ccccc1. The van der Waals surface area contributed by atoms with Gasteiger partial charge in [-0.15, -0.1) is 0 Å². The first kappa shape index (κ1) is 23.0. The van der Waals surface area contributed by atoms with Gasteiger partial charge in [-0.25, -0.2) is 9.59 Å². The van der Waals surface area contributed by atoms with Gasteiger partial charge in [-0.2, -0.15) is 0 Å². The molecule has 0 saturated carbocycles.